The number of rotatable bonds is 3. The fraction of sp³-hybridized carbons (Fsp3) is 0.538. The van der Waals surface area contributed by atoms with Crippen molar-refractivity contribution >= 4 is 23.2 Å². The first kappa shape index (κ1) is 13.1. The SMILES string of the molecule is CC1C(=O)N(C)CCN1C(=O)CCc1cccs1. The van der Waals surface area contributed by atoms with Crippen molar-refractivity contribution in [2.24, 2.45) is 0 Å². The van der Waals surface area contributed by atoms with E-state index < -0.39 is 0 Å². The third-order valence-electron chi connectivity index (χ3n) is 3.36. The van der Waals surface area contributed by atoms with Crippen molar-refractivity contribution < 1.29 is 9.59 Å². The number of nitrogens with zero attached hydrogens (tertiary/aromatic N) is 2. The second-order valence-electron chi connectivity index (χ2n) is 4.60. The first-order valence-electron chi connectivity index (χ1n) is 6.16. The van der Waals surface area contributed by atoms with Crippen LogP contribution >= 0.6 is 11.3 Å². The number of hydrogen-bond acceptors (Lipinski definition) is 3. The maximum absolute atomic E-state index is 12.1. The van der Waals surface area contributed by atoms with E-state index in [1.807, 2.05) is 17.5 Å². The highest BCUT2D eigenvalue weighted by Gasteiger charge is 2.31. The first-order valence-corrected chi connectivity index (χ1v) is 7.04. The van der Waals surface area contributed by atoms with Gasteiger partial charge in [0.1, 0.15) is 6.04 Å². The van der Waals surface area contributed by atoms with Gasteiger partial charge in [-0.1, -0.05) is 6.07 Å². The Morgan fingerprint density at radius 1 is 1.50 bits per heavy atom. The van der Waals surface area contributed by atoms with Crippen LogP contribution in [0.25, 0.3) is 0 Å². The molecular weight excluding hydrogens is 248 g/mol. The van der Waals surface area contributed by atoms with Gasteiger partial charge < -0.3 is 9.80 Å². The lowest BCUT2D eigenvalue weighted by Gasteiger charge is -2.37. The van der Waals surface area contributed by atoms with Gasteiger partial charge in [0.15, 0.2) is 0 Å². The molecule has 0 aromatic carbocycles. The lowest BCUT2D eigenvalue weighted by molar-refractivity contribution is -0.149. The Morgan fingerprint density at radius 3 is 2.94 bits per heavy atom. The fourth-order valence-corrected chi connectivity index (χ4v) is 2.89. The van der Waals surface area contributed by atoms with Crippen molar-refractivity contribution in [1.29, 1.82) is 0 Å². The number of aryl methyl sites for hydroxylation is 1. The molecule has 0 N–H and O–H groups in total. The van der Waals surface area contributed by atoms with Crippen LogP contribution in [-0.2, 0) is 16.0 Å². The average molecular weight is 266 g/mol. The predicted molar refractivity (Wildman–Crippen MR) is 71.5 cm³/mol. The molecule has 2 heterocycles. The first-order chi connectivity index (χ1) is 8.59. The van der Waals surface area contributed by atoms with Crippen LogP contribution in [0.4, 0.5) is 0 Å². The van der Waals surface area contributed by atoms with Gasteiger partial charge in [-0.2, -0.15) is 0 Å². The van der Waals surface area contributed by atoms with Gasteiger partial charge in [0.25, 0.3) is 0 Å². The molecule has 1 saturated heterocycles. The average Bonchev–Trinajstić information content (AvgIpc) is 2.86. The Balaban J connectivity index is 1.91. The number of carbonyl (C=O) groups excluding carboxylic acids is 2. The summed E-state index contributed by atoms with van der Waals surface area (Å²) in [7, 11) is 1.78. The number of carbonyl (C=O) groups is 2. The minimum absolute atomic E-state index is 0.0331. The van der Waals surface area contributed by atoms with E-state index in [1.54, 1.807) is 35.1 Å². The van der Waals surface area contributed by atoms with E-state index in [0.29, 0.717) is 19.5 Å². The molecule has 1 aliphatic heterocycles. The summed E-state index contributed by atoms with van der Waals surface area (Å²) >= 11 is 1.67. The lowest BCUT2D eigenvalue weighted by Crippen LogP contribution is -2.56. The summed E-state index contributed by atoms with van der Waals surface area (Å²) < 4.78 is 0. The van der Waals surface area contributed by atoms with Gasteiger partial charge in [0.2, 0.25) is 11.8 Å². The lowest BCUT2D eigenvalue weighted by atomic mass is 10.1. The second-order valence-corrected chi connectivity index (χ2v) is 5.63. The van der Waals surface area contributed by atoms with Crippen molar-refractivity contribution in [1.82, 2.24) is 9.80 Å². The molecule has 1 aromatic rings. The molecule has 5 heteroatoms. The Morgan fingerprint density at radius 2 is 2.28 bits per heavy atom. The largest absolute Gasteiger partial charge is 0.342 e. The smallest absolute Gasteiger partial charge is 0.244 e. The maximum atomic E-state index is 12.1. The molecule has 0 bridgehead atoms. The Kier molecular flexibility index (Phi) is 4.01. The second kappa shape index (κ2) is 5.52. The van der Waals surface area contributed by atoms with E-state index in [-0.39, 0.29) is 17.9 Å². The van der Waals surface area contributed by atoms with Gasteiger partial charge in [-0.15, -0.1) is 11.3 Å². The van der Waals surface area contributed by atoms with Crippen LogP contribution in [0.5, 0.6) is 0 Å². The predicted octanol–water partition coefficient (Wildman–Crippen LogP) is 1.37. The minimum atomic E-state index is -0.320. The van der Waals surface area contributed by atoms with Crippen LogP contribution in [-0.4, -0.2) is 47.8 Å². The third kappa shape index (κ3) is 2.72. The summed E-state index contributed by atoms with van der Waals surface area (Å²) in [4.78, 5) is 28.5. The minimum Gasteiger partial charge on any atom is -0.342 e. The van der Waals surface area contributed by atoms with Gasteiger partial charge >= 0.3 is 0 Å². The van der Waals surface area contributed by atoms with Crippen molar-refractivity contribution in [3.05, 3.63) is 22.4 Å². The number of thiophene rings is 1. The van der Waals surface area contributed by atoms with Crippen molar-refractivity contribution in [2.75, 3.05) is 20.1 Å². The van der Waals surface area contributed by atoms with E-state index in [4.69, 9.17) is 0 Å². The standard InChI is InChI=1S/C13H18N2O2S/c1-10-13(17)14(2)7-8-15(10)12(16)6-5-11-4-3-9-18-11/h3-4,9-10H,5-8H2,1-2H3. The molecule has 0 spiro atoms. The van der Waals surface area contributed by atoms with E-state index in [2.05, 4.69) is 0 Å². The molecule has 0 aliphatic carbocycles. The summed E-state index contributed by atoms with van der Waals surface area (Å²) in [6.45, 7) is 3.08. The van der Waals surface area contributed by atoms with Crippen molar-refractivity contribution in [3.8, 4) is 0 Å². The molecule has 2 amide bonds. The number of hydrogen-bond donors (Lipinski definition) is 0. The zero-order valence-corrected chi connectivity index (χ0v) is 11.6. The van der Waals surface area contributed by atoms with Crippen LogP contribution in [0.1, 0.15) is 18.2 Å². The highest BCUT2D eigenvalue weighted by molar-refractivity contribution is 7.09. The highest BCUT2D eigenvalue weighted by atomic mass is 32.1. The molecule has 1 aromatic heterocycles. The van der Waals surface area contributed by atoms with Gasteiger partial charge in [0, 0.05) is 31.4 Å². The molecular formula is C13H18N2O2S. The monoisotopic (exact) mass is 266 g/mol. The molecule has 98 valence electrons. The number of piperazine rings is 1. The quantitative estimate of drug-likeness (QED) is 0.829. The molecule has 1 unspecified atom stereocenters. The Bertz CT molecular complexity index is 430. The van der Waals surface area contributed by atoms with Crippen molar-refractivity contribution in [2.45, 2.75) is 25.8 Å². The highest BCUT2D eigenvalue weighted by Crippen LogP contribution is 2.15. The Hall–Kier alpha value is -1.36. The number of amides is 2. The van der Waals surface area contributed by atoms with Crippen LogP contribution in [0.2, 0.25) is 0 Å². The topological polar surface area (TPSA) is 40.6 Å². The maximum Gasteiger partial charge on any atom is 0.244 e. The van der Waals surface area contributed by atoms with E-state index in [1.165, 1.54) is 4.88 Å². The summed E-state index contributed by atoms with van der Waals surface area (Å²) in [5, 5.41) is 2.02. The van der Waals surface area contributed by atoms with Gasteiger partial charge in [-0.25, -0.2) is 0 Å². The third-order valence-corrected chi connectivity index (χ3v) is 4.30. The fourth-order valence-electron chi connectivity index (χ4n) is 2.18. The molecule has 4 nitrogen and oxygen atoms in total. The molecule has 2 rings (SSSR count). The van der Waals surface area contributed by atoms with Crippen LogP contribution < -0.4 is 0 Å². The van der Waals surface area contributed by atoms with E-state index >= 15 is 0 Å². The van der Waals surface area contributed by atoms with Gasteiger partial charge in [0.05, 0.1) is 0 Å². The van der Waals surface area contributed by atoms with Crippen LogP contribution in [0.3, 0.4) is 0 Å². The molecule has 1 atom stereocenters. The van der Waals surface area contributed by atoms with E-state index in [9.17, 15) is 9.59 Å². The van der Waals surface area contributed by atoms with E-state index in [0.717, 1.165) is 6.42 Å². The Labute approximate surface area is 111 Å². The van der Waals surface area contributed by atoms with Crippen molar-refractivity contribution in [3.63, 3.8) is 0 Å². The zero-order valence-electron chi connectivity index (χ0n) is 10.8. The summed E-state index contributed by atoms with van der Waals surface area (Å²) in [5.74, 6) is 0.114. The zero-order chi connectivity index (χ0) is 13.1. The molecule has 0 saturated carbocycles. The van der Waals surface area contributed by atoms with Crippen LogP contribution in [0, 0.1) is 0 Å². The molecule has 18 heavy (non-hydrogen) atoms. The van der Waals surface area contributed by atoms with Gasteiger partial charge in [-0.05, 0) is 24.8 Å². The molecule has 1 fully saturated rings. The molecule has 0 radical (unpaired) electrons. The van der Waals surface area contributed by atoms with Crippen LogP contribution in [0.15, 0.2) is 17.5 Å². The summed E-state index contributed by atoms with van der Waals surface area (Å²) in [5.41, 5.74) is 0. The summed E-state index contributed by atoms with van der Waals surface area (Å²) in [6, 6.07) is 3.71. The van der Waals surface area contributed by atoms with Gasteiger partial charge in [-0.3, -0.25) is 9.59 Å². The summed E-state index contributed by atoms with van der Waals surface area (Å²) in [6.07, 6.45) is 1.26. The normalized spacial score (nSPS) is 20.3. The molecule has 1 aliphatic rings. The number of likely N-dealkylation sites (N-methyl/N-ethyl adjacent to an activating group) is 1.